The van der Waals surface area contributed by atoms with E-state index in [0.29, 0.717) is 0 Å². The number of ether oxygens (including phenoxy) is 3. The molecule has 2 fully saturated rings. The number of rotatable bonds is 5. The monoisotopic (exact) mass is 662 g/mol. The molecule has 1 aromatic carbocycles. The topological polar surface area (TPSA) is 130 Å². The second-order valence-corrected chi connectivity index (χ2v) is 10.9. The van der Waals surface area contributed by atoms with Crippen molar-refractivity contribution in [1.29, 1.82) is 0 Å². The van der Waals surface area contributed by atoms with Crippen LogP contribution in [-0.4, -0.2) is 77.9 Å². The molecular weight excluding hydrogens is 642 g/mol. The average Bonchev–Trinajstić information content (AvgIpc) is 3.69. The van der Waals surface area contributed by atoms with E-state index in [9.17, 15) is 27.8 Å². The van der Waals surface area contributed by atoms with Gasteiger partial charge < -0.3 is 24.4 Å². The normalized spacial score (nSPS) is 25.3. The minimum Gasteiger partial charge on any atom is -0.496 e. The van der Waals surface area contributed by atoms with E-state index in [1.807, 2.05) is 0 Å². The number of halogens is 7. The molecule has 2 saturated heterocycles. The second kappa shape index (κ2) is 11.2. The molecule has 4 aromatic rings. The molecule has 0 bridgehead atoms. The fourth-order valence-electron chi connectivity index (χ4n) is 5.46. The first-order valence-corrected chi connectivity index (χ1v) is 13.6. The van der Waals surface area contributed by atoms with E-state index in [0.717, 1.165) is 23.0 Å². The number of hydrogen-bond donors (Lipinski definition) is 2. The summed E-state index contributed by atoms with van der Waals surface area (Å²) in [5.74, 6) is -2.94. The van der Waals surface area contributed by atoms with Crippen LogP contribution in [0, 0.1) is 18.6 Å². The Morgan fingerprint density at radius 3 is 2.55 bits per heavy atom. The van der Waals surface area contributed by atoms with Crippen molar-refractivity contribution in [3.05, 3.63) is 69.7 Å². The van der Waals surface area contributed by atoms with E-state index in [1.165, 1.54) is 31.1 Å². The number of benzene rings is 1. The Kier molecular flexibility index (Phi) is 7.78. The summed E-state index contributed by atoms with van der Waals surface area (Å²) >= 11 is 11.8. The average molecular weight is 663 g/mol. The molecule has 2 aliphatic rings. The summed E-state index contributed by atoms with van der Waals surface area (Å²) in [4.78, 5) is 7.68. The molecule has 0 saturated carbocycles. The number of nitrogens with zero attached hydrogens (tertiary/aromatic N) is 6. The van der Waals surface area contributed by atoms with E-state index in [2.05, 4.69) is 20.2 Å². The summed E-state index contributed by atoms with van der Waals surface area (Å²) in [5.41, 5.74) is -2.16. The Morgan fingerprint density at radius 2 is 1.84 bits per heavy atom. The van der Waals surface area contributed by atoms with Crippen LogP contribution >= 0.6 is 23.2 Å². The molecule has 234 valence electrons. The fraction of sp³-hybridized carbons (Fsp3) is 0.385. The van der Waals surface area contributed by atoms with Crippen molar-refractivity contribution in [1.82, 2.24) is 29.5 Å². The molecule has 0 amide bonds. The maximum atomic E-state index is 15.0. The first-order chi connectivity index (χ1) is 20.8. The van der Waals surface area contributed by atoms with Gasteiger partial charge in [-0.1, -0.05) is 23.2 Å². The first-order valence-electron chi connectivity index (χ1n) is 12.9. The van der Waals surface area contributed by atoms with Crippen LogP contribution in [0.3, 0.4) is 0 Å². The van der Waals surface area contributed by atoms with Crippen LogP contribution in [-0.2, 0) is 15.7 Å². The number of methoxy groups -OCH3 is 1. The van der Waals surface area contributed by atoms with Gasteiger partial charge in [-0.15, -0.1) is 0 Å². The summed E-state index contributed by atoms with van der Waals surface area (Å²) in [7, 11) is 1.24. The number of alkyl halides is 3. The lowest BCUT2D eigenvalue weighted by Crippen LogP contribution is -2.52. The lowest BCUT2D eigenvalue weighted by atomic mass is 9.91. The molecule has 0 spiro atoms. The number of aliphatic hydroxyl groups is 2. The van der Waals surface area contributed by atoms with Crippen LogP contribution in [0.1, 0.15) is 29.5 Å². The zero-order valence-corrected chi connectivity index (χ0v) is 24.0. The fourth-order valence-corrected chi connectivity index (χ4v) is 5.79. The van der Waals surface area contributed by atoms with Crippen LogP contribution in [0.15, 0.2) is 30.7 Å². The number of aryl methyl sites for hydroxylation is 1. The molecule has 3 unspecified atom stereocenters. The molecule has 3 aromatic heterocycles. The van der Waals surface area contributed by atoms with Gasteiger partial charge in [0.2, 0.25) is 0 Å². The summed E-state index contributed by atoms with van der Waals surface area (Å²) in [5, 5.41) is 30.0. The number of aliphatic hydroxyl groups excluding tert-OH is 2. The van der Waals surface area contributed by atoms with Gasteiger partial charge in [-0.05, 0) is 13.0 Å². The highest BCUT2D eigenvalue weighted by Gasteiger charge is 2.55. The maximum absolute atomic E-state index is 15.0. The van der Waals surface area contributed by atoms with Gasteiger partial charge in [0, 0.05) is 24.0 Å². The zero-order valence-electron chi connectivity index (χ0n) is 22.5. The molecule has 11 nitrogen and oxygen atoms in total. The van der Waals surface area contributed by atoms with Gasteiger partial charge in [0.1, 0.15) is 48.1 Å². The number of pyridine rings is 1. The molecule has 6 rings (SSSR count). The van der Waals surface area contributed by atoms with Crippen molar-refractivity contribution in [2.24, 2.45) is 0 Å². The summed E-state index contributed by atoms with van der Waals surface area (Å²) in [6.07, 6.45) is -8.06. The lowest BCUT2D eigenvalue weighted by molar-refractivity contribution is -0.196. The van der Waals surface area contributed by atoms with Crippen molar-refractivity contribution in [2.75, 3.05) is 13.7 Å². The van der Waals surface area contributed by atoms with Crippen LogP contribution in [0.2, 0.25) is 10.0 Å². The second-order valence-electron chi connectivity index (χ2n) is 10.1. The van der Waals surface area contributed by atoms with Gasteiger partial charge in [-0.3, -0.25) is 4.68 Å². The van der Waals surface area contributed by atoms with Gasteiger partial charge >= 0.3 is 6.18 Å². The van der Waals surface area contributed by atoms with Gasteiger partial charge in [-0.2, -0.15) is 23.4 Å². The van der Waals surface area contributed by atoms with Crippen molar-refractivity contribution in [3.63, 3.8) is 0 Å². The quantitative estimate of drug-likeness (QED) is 0.238. The maximum Gasteiger partial charge on any atom is 0.435 e. The molecule has 44 heavy (non-hydrogen) atoms. The molecule has 2 N–H and O–H groups in total. The minimum absolute atomic E-state index is 0.0273. The van der Waals surface area contributed by atoms with Crippen molar-refractivity contribution >= 4 is 23.2 Å². The molecule has 18 heteroatoms. The number of fused-ring (bicyclic) bond motifs is 1. The Hall–Kier alpha value is -3.41. The Balaban J connectivity index is 1.45. The largest absolute Gasteiger partial charge is 0.496 e. The highest BCUT2D eigenvalue weighted by molar-refractivity contribution is 6.31. The van der Waals surface area contributed by atoms with Crippen LogP contribution in [0.25, 0.3) is 16.8 Å². The zero-order chi connectivity index (χ0) is 31.7. The smallest absolute Gasteiger partial charge is 0.435 e. The Labute approximate surface area is 254 Å². The molecule has 6 atom stereocenters. The van der Waals surface area contributed by atoms with Gasteiger partial charge in [0.25, 0.3) is 0 Å². The predicted molar refractivity (Wildman–Crippen MR) is 141 cm³/mol. The van der Waals surface area contributed by atoms with Gasteiger partial charge in [-0.25, -0.2) is 23.4 Å². The molecular formula is C26H21Cl2F5N6O5. The molecule has 2 aliphatic heterocycles. The van der Waals surface area contributed by atoms with E-state index in [-0.39, 0.29) is 40.2 Å². The molecule has 5 heterocycles. The summed E-state index contributed by atoms with van der Waals surface area (Å²) in [6, 6.07) is 0.916. The highest BCUT2D eigenvalue weighted by Crippen LogP contribution is 2.45. The Bertz CT molecular complexity index is 1740. The van der Waals surface area contributed by atoms with Crippen molar-refractivity contribution in [3.8, 4) is 22.6 Å². The number of hydrogen-bond acceptors (Lipinski definition) is 9. The lowest BCUT2D eigenvalue weighted by Gasteiger charge is -2.41. The SMILES string of the molecule is COc1cc(Cl)c(F)c(F)c1-c1cnn(C2[C@H]3OCC(O)C3O[C@@H](c3nc(C)nn3-c3cc(Cl)cnc3C(F)(F)F)[C@H]2O)c1. The van der Waals surface area contributed by atoms with Crippen LogP contribution < -0.4 is 4.74 Å². The van der Waals surface area contributed by atoms with E-state index >= 15 is 4.39 Å². The third-order valence-corrected chi connectivity index (χ3v) is 7.81. The third-order valence-electron chi connectivity index (χ3n) is 7.33. The molecule has 0 aliphatic carbocycles. The van der Waals surface area contributed by atoms with Crippen molar-refractivity contribution < 1.29 is 46.4 Å². The number of aromatic nitrogens is 6. The van der Waals surface area contributed by atoms with Crippen LogP contribution in [0.4, 0.5) is 22.0 Å². The van der Waals surface area contributed by atoms with E-state index in [4.69, 9.17) is 37.4 Å². The third kappa shape index (κ3) is 5.08. The minimum atomic E-state index is -4.91. The van der Waals surface area contributed by atoms with Crippen LogP contribution in [0.5, 0.6) is 5.75 Å². The van der Waals surface area contributed by atoms with Crippen molar-refractivity contribution in [2.45, 2.75) is 49.7 Å². The standard InChI is InChI=1S/C26H21Cl2F5N6O5/c1-9-36-25(39(37-9)13-3-11(27)6-34-24(13)26(31,32)33)23-20(41)19(22-21(44-23)14(40)8-43-22)38-7-10(5-35-38)16-15(42-2)4-12(28)17(29)18(16)30/h3-7,14,19-23,40-41H,8H2,1-2H3/t14?,19?,20-,21?,22+,23+/m0/s1. The molecule has 0 radical (unpaired) electrons. The predicted octanol–water partition coefficient (Wildman–Crippen LogP) is 4.25. The highest BCUT2D eigenvalue weighted by atomic mass is 35.5. The van der Waals surface area contributed by atoms with E-state index in [1.54, 1.807) is 0 Å². The summed E-state index contributed by atoms with van der Waals surface area (Å²) < 4.78 is 90.1. The van der Waals surface area contributed by atoms with Gasteiger partial charge in [0.15, 0.2) is 23.2 Å². The Morgan fingerprint density at radius 1 is 1.09 bits per heavy atom. The van der Waals surface area contributed by atoms with E-state index < -0.39 is 70.8 Å². The summed E-state index contributed by atoms with van der Waals surface area (Å²) in [6.45, 7) is 1.22. The van der Waals surface area contributed by atoms with Gasteiger partial charge in [0.05, 0.1) is 41.2 Å². The first kappa shape index (κ1) is 30.6.